The third-order valence-electron chi connectivity index (χ3n) is 4.59. The third-order valence-corrected chi connectivity index (χ3v) is 4.59. The van der Waals surface area contributed by atoms with Crippen molar-refractivity contribution in [2.75, 3.05) is 12.4 Å². The fourth-order valence-electron chi connectivity index (χ4n) is 3.16. The Balaban J connectivity index is 1.71. The lowest BCUT2D eigenvalue weighted by atomic mass is 10.0. The first-order chi connectivity index (χ1) is 13.7. The third kappa shape index (κ3) is 3.25. The molecule has 1 heterocycles. The topological polar surface area (TPSA) is 71.2 Å². The van der Waals surface area contributed by atoms with E-state index in [1.165, 1.54) is 6.20 Å². The lowest BCUT2D eigenvalue weighted by Gasteiger charge is -2.12. The highest BCUT2D eigenvalue weighted by molar-refractivity contribution is 6.07. The standard InChI is InChI=1S/C23H18N2O3/c1-28-16-8-6-7-15(13-16)17-9-2-5-12-21(17)25-23(27)19-14-24-20-11-4-3-10-18(20)22(19)26/h2-14H,1H3,(H,24,26)(H,25,27). The van der Waals surface area contributed by atoms with Gasteiger partial charge in [0.25, 0.3) is 5.91 Å². The van der Waals surface area contributed by atoms with Crippen LogP contribution < -0.4 is 15.5 Å². The van der Waals surface area contributed by atoms with Crippen LogP contribution in [0.25, 0.3) is 22.0 Å². The van der Waals surface area contributed by atoms with Gasteiger partial charge in [0.1, 0.15) is 11.3 Å². The first kappa shape index (κ1) is 17.5. The van der Waals surface area contributed by atoms with E-state index in [4.69, 9.17) is 4.74 Å². The van der Waals surface area contributed by atoms with Crippen LogP contribution in [0.2, 0.25) is 0 Å². The summed E-state index contributed by atoms with van der Waals surface area (Å²) >= 11 is 0. The van der Waals surface area contributed by atoms with Gasteiger partial charge in [0.05, 0.1) is 7.11 Å². The van der Waals surface area contributed by atoms with Crippen molar-refractivity contribution in [3.8, 4) is 16.9 Å². The monoisotopic (exact) mass is 370 g/mol. The molecule has 0 fully saturated rings. The van der Waals surface area contributed by atoms with Crippen molar-refractivity contribution in [1.82, 2.24) is 4.98 Å². The van der Waals surface area contributed by atoms with Crippen molar-refractivity contribution in [2.24, 2.45) is 0 Å². The summed E-state index contributed by atoms with van der Waals surface area (Å²) in [5, 5.41) is 3.35. The van der Waals surface area contributed by atoms with E-state index >= 15 is 0 Å². The normalized spacial score (nSPS) is 10.6. The van der Waals surface area contributed by atoms with Crippen molar-refractivity contribution >= 4 is 22.5 Å². The van der Waals surface area contributed by atoms with Gasteiger partial charge in [-0.15, -0.1) is 0 Å². The van der Waals surface area contributed by atoms with Crippen molar-refractivity contribution in [2.45, 2.75) is 0 Å². The second kappa shape index (κ2) is 7.40. The highest BCUT2D eigenvalue weighted by atomic mass is 16.5. The molecular weight excluding hydrogens is 352 g/mol. The average molecular weight is 370 g/mol. The van der Waals surface area contributed by atoms with Gasteiger partial charge in [-0.2, -0.15) is 0 Å². The number of amides is 1. The number of nitrogens with one attached hydrogen (secondary N) is 2. The minimum absolute atomic E-state index is 0.0687. The number of fused-ring (bicyclic) bond motifs is 1. The van der Waals surface area contributed by atoms with E-state index in [-0.39, 0.29) is 11.0 Å². The molecule has 4 aromatic rings. The number of aromatic nitrogens is 1. The second-order valence-electron chi connectivity index (χ2n) is 6.31. The van der Waals surface area contributed by atoms with Crippen molar-refractivity contribution in [3.05, 3.63) is 94.8 Å². The number of rotatable bonds is 4. The van der Waals surface area contributed by atoms with Gasteiger partial charge >= 0.3 is 0 Å². The van der Waals surface area contributed by atoms with E-state index in [0.29, 0.717) is 16.6 Å². The molecule has 5 nitrogen and oxygen atoms in total. The van der Waals surface area contributed by atoms with Crippen LogP contribution in [0.1, 0.15) is 10.4 Å². The highest BCUT2D eigenvalue weighted by Gasteiger charge is 2.15. The predicted molar refractivity (Wildman–Crippen MR) is 111 cm³/mol. The Bertz CT molecular complexity index is 1230. The van der Waals surface area contributed by atoms with E-state index in [2.05, 4.69) is 10.3 Å². The summed E-state index contributed by atoms with van der Waals surface area (Å²) in [5.74, 6) is 0.270. The molecule has 0 radical (unpaired) electrons. The number of para-hydroxylation sites is 2. The number of carbonyl (C=O) groups is 1. The molecular formula is C23H18N2O3. The Labute approximate surface area is 161 Å². The summed E-state index contributed by atoms with van der Waals surface area (Å²) in [6.07, 6.45) is 1.45. The number of hydrogen-bond donors (Lipinski definition) is 2. The number of anilines is 1. The van der Waals surface area contributed by atoms with Crippen LogP contribution in [0.5, 0.6) is 5.75 Å². The number of pyridine rings is 1. The summed E-state index contributed by atoms with van der Waals surface area (Å²) in [7, 11) is 1.61. The van der Waals surface area contributed by atoms with Crippen molar-refractivity contribution in [3.63, 3.8) is 0 Å². The summed E-state index contributed by atoms with van der Waals surface area (Å²) < 4.78 is 5.29. The SMILES string of the molecule is COc1cccc(-c2ccccc2NC(=O)c2c[nH]c3ccccc3c2=O)c1. The maximum absolute atomic E-state index is 12.8. The average Bonchev–Trinajstić information content (AvgIpc) is 2.74. The van der Waals surface area contributed by atoms with Crippen LogP contribution in [0.3, 0.4) is 0 Å². The van der Waals surface area contributed by atoms with E-state index < -0.39 is 5.91 Å². The zero-order valence-electron chi connectivity index (χ0n) is 15.2. The molecule has 0 aliphatic rings. The molecule has 4 rings (SSSR count). The predicted octanol–water partition coefficient (Wildman–Crippen LogP) is 4.46. The van der Waals surface area contributed by atoms with Crippen LogP contribution in [0.4, 0.5) is 5.69 Å². The lowest BCUT2D eigenvalue weighted by Crippen LogP contribution is -2.22. The molecule has 0 bridgehead atoms. The summed E-state index contributed by atoms with van der Waals surface area (Å²) in [6.45, 7) is 0. The smallest absolute Gasteiger partial charge is 0.261 e. The van der Waals surface area contributed by atoms with Crippen LogP contribution in [-0.4, -0.2) is 18.0 Å². The molecule has 0 unspecified atom stereocenters. The van der Waals surface area contributed by atoms with Crippen LogP contribution >= 0.6 is 0 Å². The molecule has 3 aromatic carbocycles. The zero-order chi connectivity index (χ0) is 19.5. The Kier molecular flexibility index (Phi) is 4.64. The number of hydrogen-bond acceptors (Lipinski definition) is 3. The Morgan fingerprint density at radius 1 is 0.964 bits per heavy atom. The fourth-order valence-corrected chi connectivity index (χ4v) is 3.16. The number of benzene rings is 3. The maximum atomic E-state index is 12.8. The summed E-state index contributed by atoms with van der Waals surface area (Å²) in [4.78, 5) is 28.5. The van der Waals surface area contributed by atoms with Gasteiger partial charge in [0.15, 0.2) is 0 Å². The van der Waals surface area contributed by atoms with Crippen molar-refractivity contribution in [1.29, 1.82) is 0 Å². The molecule has 1 aromatic heterocycles. The molecule has 5 heteroatoms. The highest BCUT2D eigenvalue weighted by Crippen LogP contribution is 2.30. The molecule has 28 heavy (non-hydrogen) atoms. The summed E-state index contributed by atoms with van der Waals surface area (Å²) in [6, 6.07) is 22.2. The van der Waals surface area contributed by atoms with Gasteiger partial charge in [0.2, 0.25) is 5.43 Å². The molecule has 0 saturated carbocycles. The first-order valence-electron chi connectivity index (χ1n) is 8.82. The van der Waals surface area contributed by atoms with E-state index in [1.807, 2.05) is 54.6 Å². The second-order valence-corrected chi connectivity index (χ2v) is 6.31. The Morgan fingerprint density at radius 3 is 2.61 bits per heavy atom. The molecule has 0 spiro atoms. The van der Waals surface area contributed by atoms with Gasteiger partial charge in [-0.3, -0.25) is 9.59 Å². The van der Waals surface area contributed by atoms with Gasteiger partial charge < -0.3 is 15.0 Å². The number of methoxy groups -OCH3 is 1. The fraction of sp³-hybridized carbons (Fsp3) is 0.0435. The minimum atomic E-state index is -0.456. The number of ether oxygens (including phenoxy) is 1. The lowest BCUT2D eigenvalue weighted by molar-refractivity contribution is 0.102. The largest absolute Gasteiger partial charge is 0.497 e. The quantitative estimate of drug-likeness (QED) is 0.557. The van der Waals surface area contributed by atoms with Crippen LogP contribution in [0, 0.1) is 0 Å². The van der Waals surface area contributed by atoms with Crippen LogP contribution in [0.15, 0.2) is 83.8 Å². The molecule has 138 valence electrons. The number of H-pyrrole nitrogens is 1. The first-order valence-corrected chi connectivity index (χ1v) is 8.82. The van der Waals surface area contributed by atoms with Crippen LogP contribution in [-0.2, 0) is 0 Å². The minimum Gasteiger partial charge on any atom is -0.497 e. The van der Waals surface area contributed by atoms with Crippen molar-refractivity contribution < 1.29 is 9.53 Å². The summed E-state index contributed by atoms with van der Waals surface area (Å²) in [5.41, 5.74) is 2.83. The van der Waals surface area contributed by atoms with Gasteiger partial charge in [-0.05, 0) is 35.9 Å². The Hall–Kier alpha value is -3.86. The molecule has 2 N–H and O–H groups in total. The van der Waals surface area contributed by atoms with Gasteiger partial charge in [-0.1, -0.05) is 42.5 Å². The molecule has 0 aliphatic carbocycles. The van der Waals surface area contributed by atoms with E-state index in [9.17, 15) is 9.59 Å². The van der Waals surface area contributed by atoms with E-state index in [0.717, 1.165) is 16.9 Å². The Morgan fingerprint density at radius 2 is 1.75 bits per heavy atom. The number of carbonyl (C=O) groups excluding carboxylic acids is 1. The number of aromatic amines is 1. The maximum Gasteiger partial charge on any atom is 0.261 e. The van der Waals surface area contributed by atoms with Gasteiger partial charge in [0, 0.05) is 28.4 Å². The van der Waals surface area contributed by atoms with E-state index in [1.54, 1.807) is 25.3 Å². The van der Waals surface area contributed by atoms with Gasteiger partial charge in [-0.25, -0.2) is 0 Å². The molecule has 0 saturated heterocycles. The zero-order valence-corrected chi connectivity index (χ0v) is 15.2. The molecule has 0 atom stereocenters. The molecule has 0 aliphatic heterocycles. The molecule has 1 amide bonds.